The van der Waals surface area contributed by atoms with Crippen LogP contribution in [-0.2, 0) is 10.8 Å². The van der Waals surface area contributed by atoms with Crippen LogP contribution in [0.3, 0.4) is 0 Å². The molecule has 0 aliphatic carbocycles. The van der Waals surface area contributed by atoms with Crippen LogP contribution in [-0.4, -0.2) is 34.3 Å². The molecular weight excluding hydrogens is 275 g/mol. The van der Waals surface area contributed by atoms with Crippen molar-refractivity contribution >= 4 is 22.2 Å². The van der Waals surface area contributed by atoms with Gasteiger partial charge in [-0.3, -0.25) is 14.3 Å². The monoisotopic (exact) mass is 290 g/mol. The lowest BCUT2D eigenvalue weighted by Crippen LogP contribution is -2.13. The van der Waals surface area contributed by atoms with Crippen molar-refractivity contribution in [1.29, 1.82) is 0 Å². The summed E-state index contributed by atoms with van der Waals surface area (Å²) in [6.45, 7) is 2.12. The standard InChI is InChI=1S/C11H15FN2O4S/c1-3-19(17)5-4-13-9-7-11(18-2)10(14(15)16)6-8(9)12/h6-7,13H,3-5H2,1-2H3. The molecule has 0 saturated heterocycles. The van der Waals surface area contributed by atoms with Crippen molar-refractivity contribution in [2.45, 2.75) is 6.92 Å². The first-order valence-electron chi connectivity index (χ1n) is 5.60. The molecule has 0 aliphatic heterocycles. The molecule has 1 aromatic carbocycles. The highest BCUT2D eigenvalue weighted by Crippen LogP contribution is 2.32. The number of ether oxygens (including phenoxy) is 1. The SMILES string of the molecule is CCS(=O)CCNc1cc(OC)c([N+](=O)[O-])cc1F. The van der Waals surface area contributed by atoms with Crippen LogP contribution in [0.25, 0.3) is 0 Å². The lowest BCUT2D eigenvalue weighted by atomic mass is 10.2. The number of nitrogens with one attached hydrogen (secondary N) is 1. The molecule has 1 N–H and O–H groups in total. The van der Waals surface area contributed by atoms with Crippen molar-refractivity contribution in [3.8, 4) is 5.75 Å². The Labute approximate surface area is 112 Å². The molecule has 0 aromatic heterocycles. The molecule has 0 fully saturated rings. The Morgan fingerprint density at radius 1 is 1.53 bits per heavy atom. The van der Waals surface area contributed by atoms with Gasteiger partial charge in [0.05, 0.1) is 23.8 Å². The zero-order valence-corrected chi connectivity index (χ0v) is 11.5. The van der Waals surface area contributed by atoms with Crippen LogP contribution in [0.15, 0.2) is 12.1 Å². The zero-order chi connectivity index (χ0) is 14.4. The van der Waals surface area contributed by atoms with Crippen molar-refractivity contribution in [3.63, 3.8) is 0 Å². The van der Waals surface area contributed by atoms with Gasteiger partial charge in [-0.15, -0.1) is 0 Å². The van der Waals surface area contributed by atoms with Crippen molar-refractivity contribution in [1.82, 2.24) is 0 Å². The molecule has 106 valence electrons. The topological polar surface area (TPSA) is 81.5 Å². The van der Waals surface area contributed by atoms with Crippen LogP contribution in [0.2, 0.25) is 0 Å². The van der Waals surface area contributed by atoms with Crippen molar-refractivity contribution in [3.05, 3.63) is 28.1 Å². The van der Waals surface area contributed by atoms with Crippen LogP contribution >= 0.6 is 0 Å². The first kappa shape index (κ1) is 15.4. The predicted molar refractivity (Wildman–Crippen MR) is 71.6 cm³/mol. The van der Waals surface area contributed by atoms with E-state index >= 15 is 0 Å². The van der Waals surface area contributed by atoms with Gasteiger partial charge in [-0.2, -0.15) is 0 Å². The second kappa shape index (κ2) is 7.03. The highest BCUT2D eigenvalue weighted by atomic mass is 32.2. The summed E-state index contributed by atoms with van der Waals surface area (Å²) in [5.74, 6) is 0.156. The second-order valence-electron chi connectivity index (χ2n) is 3.62. The molecule has 6 nitrogen and oxygen atoms in total. The number of anilines is 1. The molecular formula is C11H15FN2O4S. The fourth-order valence-corrected chi connectivity index (χ4v) is 2.05. The average Bonchev–Trinajstić information content (AvgIpc) is 2.39. The summed E-state index contributed by atoms with van der Waals surface area (Å²) in [4.78, 5) is 9.97. The second-order valence-corrected chi connectivity index (χ2v) is 5.49. The minimum atomic E-state index is -0.951. The van der Waals surface area contributed by atoms with Gasteiger partial charge in [-0.25, -0.2) is 4.39 Å². The van der Waals surface area contributed by atoms with E-state index in [9.17, 15) is 18.7 Å². The smallest absolute Gasteiger partial charge is 0.313 e. The number of hydrogen-bond donors (Lipinski definition) is 1. The van der Waals surface area contributed by atoms with E-state index in [0.717, 1.165) is 6.07 Å². The number of methoxy groups -OCH3 is 1. The normalized spacial score (nSPS) is 11.9. The van der Waals surface area contributed by atoms with Gasteiger partial charge in [0.2, 0.25) is 0 Å². The molecule has 0 amide bonds. The van der Waals surface area contributed by atoms with E-state index in [2.05, 4.69) is 5.32 Å². The van der Waals surface area contributed by atoms with Gasteiger partial charge in [0, 0.05) is 34.9 Å². The Hall–Kier alpha value is -1.70. The van der Waals surface area contributed by atoms with Crippen LogP contribution in [0, 0.1) is 15.9 Å². The predicted octanol–water partition coefficient (Wildman–Crippen LogP) is 1.92. The molecule has 0 radical (unpaired) electrons. The number of rotatable bonds is 7. The molecule has 19 heavy (non-hydrogen) atoms. The first-order valence-corrected chi connectivity index (χ1v) is 7.09. The number of nitro benzene ring substituents is 1. The minimum Gasteiger partial charge on any atom is -0.490 e. The maximum atomic E-state index is 13.6. The van der Waals surface area contributed by atoms with E-state index in [0.29, 0.717) is 18.1 Å². The molecule has 1 aromatic rings. The lowest BCUT2D eigenvalue weighted by Gasteiger charge is -2.09. The molecule has 0 aliphatic rings. The molecule has 8 heteroatoms. The van der Waals surface area contributed by atoms with Crippen LogP contribution in [0.5, 0.6) is 5.75 Å². The Balaban J connectivity index is 2.85. The van der Waals surface area contributed by atoms with Gasteiger partial charge in [-0.05, 0) is 0 Å². The number of nitrogens with zero attached hydrogens (tertiary/aromatic N) is 1. The average molecular weight is 290 g/mol. The molecule has 0 bridgehead atoms. The van der Waals surface area contributed by atoms with Crippen molar-refractivity contribution in [2.75, 3.05) is 30.5 Å². The van der Waals surface area contributed by atoms with Gasteiger partial charge in [0.25, 0.3) is 0 Å². The maximum absolute atomic E-state index is 13.6. The molecule has 0 heterocycles. The van der Waals surface area contributed by atoms with Gasteiger partial charge < -0.3 is 10.1 Å². The Morgan fingerprint density at radius 2 is 2.21 bits per heavy atom. The number of nitro groups is 1. The summed E-state index contributed by atoms with van der Waals surface area (Å²) in [5.41, 5.74) is -0.335. The third kappa shape index (κ3) is 4.16. The van der Waals surface area contributed by atoms with E-state index in [1.54, 1.807) is 6.92 Å². The molecule has 1 atom stereocenters. The van der Waals surface area contributed by atoms with Crippen molar-refractivity contribution < 1.29 is 18.3 Å². The van der Waals surface area contributed by atoms with E-state index in [4.69, 9.17) is 4.74 Å². The highest BCUT2D eigenvalue weighted by Gasteiger charge is 2.19. The van der Waals surface area contributed by atoms with Gasteiger partial charge in [-0.1, -0.05) is 6.92 Å². The molecule has 1 unspecified atom stereocenters. The zero-order valence-electron chi connectivity index (χ0n) is 10.6. The fraction of sp³-hybridized carbons (Fsp3) is 0.455. The summed E-state index contributed by atoms with van der Waals surface area (Å²) in [7, 11) is 0.323. The third-order valence-corrected chi connectivity index (χ3v) is 3.74. The maximum Gasteiger partial charge on any atom is 0.313 e. The number of hydrogen-bond acceptors (Lipinski definition) is 5. The first-order chi connectivity index (χ1) is 8.99. The minimum absolute atomic E-state index is 0.0227. The number of halogens is 1. The number of benzene rings is 1. The quantitative estimate of drug-likeness (QED) is 0.613. The Bertz CT molecular complexity index is 496. The fourth-order valence-electron chi connectivity index (χ4n) is 1.43. The van der Waals surface area contributed by atoms with Crippen LogP contribution < -0.4 is 10.1 Å². The lowest BCUT2D eigenvalue weighted by molar-refractivity contribution is -0.385. The Morgan fingerprint density at radius 3 is 2.74 bits per heavy atom. The molecule has 1 rings (SSSR count). The molecule has 0 saturated carbocycles. The van der Waals surface area contributed by atoms with Gasteiger partial charge in [0.1, 0.15) is 0 Å². The largest absolute Gasteiger partial charge is 0.490 e. The third-order valence-electron chi connectivity index (χ3n) is 2.43. The van der Waals surface area contributed by atoms with Gasteiger partial charge >= 0.3 is 5.69 Å². The van der Waals surface area contributed by atoms with Crippen molar-refractivity contribution in [2.24, 2.45) is 0 Å². The van der Waals surface area contributed by atoms with E-state index in [-0.39, 0.29) is 11.4 Å². The van der Waals surface area contributed by atoms with Gasteiger partial charge in [0.15, 0.2) is 11.6 Å². The highest BCUT2D eigenvalue weighted by molar-refractivity contribution is 7.84. The summed E-state index contributed by atoms with van der Waals surface area (Å²) in [5, 5.41) is 13.4. The van der Waals surface area contributed by atoms with E-state index < -0.39 is 27.2 Å². The van der Waals surface area contributed by atoms with Crippen LogP contribution in [0.4, 0.5) is 15.8 Å². The van der Waals surface area contributed by atoms with E-state index in [1.807, 2.05) is 0 Å². The van der Waals surface area contributed by atoms with E-state index in [1.165, 1.54) is 13.2 Å². The Kier molecular flexibility index (Phi) is 5.68. The summed E-state index contributed by atoms with van der Waals surface area (Å²) in [6, 6.07) is 2.03. The van der Waals surface area contributed by atoms with Crippen LogP contribution in [0.1, 0.15) is 6.92 Å². The molecule has 0 spiro atoms. The summed E-state index contributed by atoms with van der Waals surface area (Å²) in [6.07, 6.45) is 0. The summed E-state index contributed by atoms with van der Waals surface area (Å²) < 4.78 is 29.7. The summed E-state index contributed by atoms with van der Waals surface area (Å²) >= 11 is 0.